The molecule has 0 radical (unpaired) electrons. The molecule has 2 amide bonds. The number of rotatable bonds is 5. The van der Waals surface area contributed by atoms with Crippen molar-refractivity contribution >= 4 is 34.4 Å². The van der Waals surface area contributed by atoms with Crippen LogP contribution in [0, 0.1) is 11.6 Å². The lowest BCUT2D eigenvalue weighted by atomic mass is 9.98. The average molecular weight is 422 g/mol. The molecule has 0 saturated carbocycles. The Bertz CT molecular complexity index is 1000. The van der Waals surface area contributed by atoms with Gasteiger partial charge >= 0.3 is 0 Å². The number of benzene rings is 1. The third kappa shape index (κ3) is 3.82. The van der Waals surface area contributed by atoms with Crippen LogP contribution in [0.3, 0.4) is 0 Å². The van der Waals surface area contributed by atoms with Crippen LogP contribution in [0.4, 0.5) is 14.5 Å². The number of hydrogen-bond acceptors (Lipinski definition) is 5. The number of nitrogens with one attached hydrogen (secondary N) is 1. The van der Waals surface area contributed by atoms with Gasteiger partial charge in [-0.3, -0.25) is 14.5 Å². The SMILES string of the molecule is COc1ccsc1C1=C(C)OCN(C(C)(C)C(=O)Nc2cc(F)ccc2F)C1=O. The van der Waals surface area contributed by atoms with Crippen molar-refractivity contribution in [2.24, 2.45) is 0 Å². The van der Waals surface area contributed by atoms with E-state index in [1.165, 1.54) is 37.2 Å². The van der Waals surface area contributed by atoms with Gasteiger partial charge in [0.15, 0.2) is 6.73 Å². The Morgan fingerprint density at radius 1 is 1.31 bits per heavy atom. The second-order valence-electron chi connectivity index (χ2n) is 6.89. The summed E-state index contributed by atoms with van der Waals surface area (Å²) in [5.74, 6) is -1.64. The van der Waals surface area contributed by atoms with E-state index in [1.807, 2.05) is 0 Å². The fraction of sp³-hybridized carbons (Fsp3) is 0.300. The van der Waals surface area contributed by atoms with Gasteiger partial charge in [-0.2, -0.15) is 0 Å². The monoisotopic (exact) mass is 422 g/mol. The number of methoxy groups -OCH3 is 1. The Balaban J connectivity index is 1.90. The highest BCUT2D eigenvalue weighted by molar-refractivity contribution is 7.12. The van der Waals surface area contributed by atoms with Gasteiger partial charge < -0.3 is 14.8 Å². The molecule has 2 aromatic rings. The first kappa shape index (κ1) is 20.8. The van der Waals surface area contributed by atoms with E-state index in [0.29, 0.717) is 22.0 Å². The maximum atomic E-state index is 13.9. The highest BCUT2D eigenvalue weighted by Crippen LogP contribution is 2.38. The zero-order chi connectivity index (χ0) is 21.3. The second kappa shape index (κ2) is 7.82. The van der Waals surface area contributed by atoms with E-state index in [0.717, 1.165) is 18.2 Å². The van der Waals surface area contributed by atoms with Gasteiger partial charge in [-0.1, -0.05) is 0 Å². The first-order valence-corrected chi connectivity index (χ1v) is 9.58. The summed E-state index contributed by atoms with van der Waals surface area (Å²) >= 11 is 1.31. The van der Waals surface area contributed by atoms with Crippen molar-refractivity contribution < 1.29 is 27.8 Å². The summed E-state index contributed by atoms with van der Waals surface area (Å²) in [7, 11) is 1.50. The summed E-state index contributed by atoms with van der Waals surface area (Å²) in [6, 6.07) is 4.48. The molecule has 0 bridgehead atoms. The maximum Gasteiger partial charge on any atom is 0.262 e. The largest absolute Gasteiger partial charge is 0.495 e. The van der Waals surface area contributed by atoms with E-state index >= 15 is 0 Å². The van der Waals surface area contributed by atoms with Gasteiger partial charge in [-0.05, 0) is 44.4 Å². The normalized spacial score (nSPS) is 14.7. The quantitative estimate of drug-likeness (QED) is 0.791. The molecule has 1 aliphatic rings. The van der Waals surface area contributed by atoms with Crippen LogP contribution >= 0.6 is 11.3 Å². The average Bonchev–Trinajstić information content (AvgIpc) is 3.12. The Morgan fingerprint density at radius 2 is 2.03 bits per heavy atom. The van der Waals surface area contributed by atoms with Crippen molar-refractivity contribution in [1.82, 2.24) is 4.90 Å². The van der Waals surface area contributed by atoms with Gasteiger partial charge in [0.25, 0.3) is 5.91 Å². The number of ether oxygens (including phenoxy) is 2. The first-order valence-electron chi connectivity index (χ1n) is 8.70. The van der Waals surface area contributed by atoms with Crippen LogP contribution in [0.15, 0.2) is 35.4 Å². The number of anilines is 1. The smallest absolute Gasteiger partial charge is 0.262 e. The molecule has 0 saturated heterocycles. The minimum Gasteiger partial charge on any atom is -0.495 e. The number of halogens is 2. The Hall–Kier alpha value is -2.94. The first-order chi connectivity index (χ1) is 13.7. The lowest BCUT2D eigenvalue weighted by molar-refractivity contribution is -0.147. The Morgan fingerprint density at radius 3 is 2.72 bits per heavy atom. The van der Waals surface area contributed by atoms with E-state index in [2.05, 4.69) is 5.32 Å². The van der Waals surface area contributed by atoms with Crippen molar-refractivity contribution in [3.05, 3.63) is 51.9 Å². The van der Waals surface area contributed by atoms with Crippen LogP contribution in [0.5, 0.6) is 5.75 Å². The number of amides is 2. The minimum absolute atomic E-state index is 0.159. The predicted octanol–water partition coefficient (Wildman–Crippen LogP) is 4.00. The van der Waals surface area contributed by atoms with Crippen LogP contribution in [-0.2, 0) is 14.3 Å². The molecular formula is C20H20F2N2O4S. The molecule has 1 aromatic heterocycles. The number of allylic oxidation sites excluding steroid dienone is 1. The third-order valence-corrected chi connectivity index (χ3v) is 5.62. The van der Waals surface area contributed by atoms with Crippen LogP contribution in [0.1, 0.15) is 25.6 Å². The standard InChI is InChI=1S/C20H20F2N2O4S/c1-11-16(17-15(27-4)7-8-29-17)18(25)24(10-28-11)20(2,3)19(26)23-14-9-12(21)5-6-13(14)22/h5-9H,10H2,1-4H3,(H,23,26). The molecular weight excluding hydrogens is 402 g/mol. The molecule has 0 spiro atoms. The van der Waals surface area contributed by atoms with Crippen LogP contribution in [0.2, 0.25) is 0 Å². The van der Waals surface area contributed by atoms with Gasteiger partial charge in [-0.15, -0.1) is 11.3 Å². The van der Waals surface area contributed by atoms with E-state index in [4.69, 9.17) is 9.47 Å². The summed E-state index contributed by atoms with van der Waals surface area (Å²) in [5, 5.41) is 4.13. The summed E-state index contributed by atoms with van der Waals surface area (Å²) in [6.45, 7) is 4.52. The lowest BCUT2D eigenvalue weighted by Gasteiger charge is -2.40. The molecule has 2 heterocycles. The molecule has 1 N–H and O–H groups in total. The third-order valence-electron chi connectivity index (χ3n) is 4.70. The van der Waals surface area contributed by atoms with Crippen molar-refractivity contribution in [3.63, 3.8) is 0 Å². The number of hydrogen-bond donors (Lipinski definition) is 1. The molecule has 0 atom stereocenters. The summed E-state index contributed by atoms with van der Waals surface area (Å²) in [6.07, 6.45) is 0. The predicted molar refractivity (Wildman–Crippen MR) is 105 cm³/mol. The zero-order valence-corrected chi connectivity index (χ0v) is 17.2. The van der Waals surface area contributed by atoms with Crippen LogP contribution in [-0.4, -0.2) is 36.1 Å². The van der Waals surface area contributed by atoms with E-state index in [1.54, 1.807) is 18.4 Å². The van der Waals surface area contributed by atoms with Crippen LogP contribution < -0.4 is 10.1 Å². The highest BCUT2D eigenvalue weighted by Gasteiger charge is 2.43. The number of carbonyl (C=O) groups excluding carboxylic acids is 2. The van der Waals surface area contributed by atoms with Crippen LogP contribution in [0.25, 0.3) is 5.57 Å². The number of carbonyl (C=O) groups is 2. The molecule has 1 aliphatic heterocycles. The molecule has 0 unspecified atom stereocenters. The number of thiophene rings is 1. The highest BCUT2D eigenvalue weighted by atomic mass is 32.1. The molecule has 154 valence electrons. The van der Waals surface area contributed by atoms with Gasteiger partial charge in [-0.25, -0.2) is 8.78 Å². The minimum atomic E-state index is -1.41. The van der Waals surface area contributed by atoms with E-state index in [-0.39, 0.29) is 12.4 Å². The van der Waals surface area contributed by atoms with Crippen molar-refractivity contribution in [2.75, 3.05) is 19.2 Å². The maximum absolute atomic E-state index is 13.9. The van der Waals surface area contributed by atoms with E-state index in [9.17, 15) is 18.4 Å². The lowest BCUT2D eigenvalue weighted by Crippen LogP contribution is -2.57. The summed E-state index contributed by atoms with van der Waals surface area (Å²) in [4.78, 5) is 27.9. The van der Waals surface area contributed by atoms with Gasteiger partial charge in [0.05, 0.1) is 23.2 Å². The molecule has 1 aromatic carbocycles. The Kier molecular flexibility index (Phi) is 5.61. The summed E-state index contributed by atoms with van der Waals surface area (Å²) < 4.78 is 38.3. The fourth-order valence-corrected chi connectivity index (χ4v) is 3.83. The van der Waals surface area contributed by atoms with Gasteiger partial charge in [0.1, 0.15) is 28.7 Å². The van der Waals surface area contributed by atoms with E-state index < -0.39 is 29.0 Å². The molecule has 6 nitrogen and oxygen atoms in total. The molecule has 9 heteroatoms. The molecule has 0 fully saturated rings. The van der Waals surface area contributed by atoms with Gasteiger partial charge in [0, 0.05) is 6.07 Å². The Labute approximate surface area is 170 Å². The molecule has 0 aliphatic carbocycles. The topological polar surface area (TPSA) is 67.9 Å². The van der Waals surface area contributed by atoms with Gasteiger partial charge in [0.2, 0.25) is 5.91 Å². The fourth-order valence-electron chi connectivity index (χ4n) is 2.88. The zero-order valence-electron chi connectivity index (χ0n) is 16.3. The van der Waals surface area contributed by atoms with Crippen molar-refractivity contribution in [1.29, 1.82) is 0 Å². The number of nitrogens with zero attached hydrogens (tertiary/aromatic N) is 1. The molecule has 29 heavy (non-hydrogen) atoms. The van der Waals surface area contributed by atoms with Crippen molar-refractivity contribution in [3.8, 4) is 5.75 Å². The van der Waals surface area contributed by atoms with Crippen molar-refractivity contribution in [2.45, 2.75) is 26.3 Å². The summed E-state index contributed by atoms with van der Waals surface area (Å²) in [5.41, 5.74) is -1.42. The molecule has 3 rings (SSSR count). The second-order valence-corrected chi connectivity index (χ2v) is 7.81.